The lowest BCUT2D eigenvalue weighted by Crippen LogP contribution is -2.45. The van der Waals surface area contributed by atoms with Crippen LogP contribution in [0.1, 0.15) is 51.7 Å². The highest BCUT2D eigenvalue weighted by atomic mass is 16.6. The Morgan fingerprint density at radius 1 is 1.18 bits per heavy atom. The van der Waals surface area contributed by atoms with E-state index in [0.29, 0.717) is 24.0 Å². The van der Waals surface area contributed by atoms with Crippen LogP contribution in [0.5, 0.6) is 5.75 Å². The zero-order valence-corrected chi connectivity index (χ0v) is 17.2. The van der Waals surface area contributed by atoms with E-state index in [0.717, 1.165) is 10.9 Å². The number of hydrogen-bond acceptors (Lipinski definition) is 6. The van der Waals surface area contributed by atoms with Gasteiger partial charge in [0, 0.05) is 17.0 Å². The fourth-order valence-corrected chi connectivity index (χ4v) is 2.67. The molecule has 1 N–H and O–H groups in total. The van der Waals surface area contributed by atoms with Crippen LogP contribution in [-0.4, -0.2) is 23.7 Å². The van der Waals surface area contributed by atoms with Crippen LogP contribution in [0.3, 0.4) is 0 Å². The van der Waals surface area contributed by atoms with Gasteiger partial charge in [0.05, 0.1) is 0 Å². The van der Waals surface area contributed by atoms with Crippen LogP contribution in [0.25, 0.3) is 11.0 Å². The molecule has 2 aromatic rings. The molecule has 1 amide bonds. The molecule has 0 spiro atoms. The summed E-state index contributed by atoms with van der Waals surface area (Å²) in [6.07, 6.45) is 0.387. The van der Waals surface area contributed by atoms with Gasteiger partial charge in [0.15, 0.2) is 0 Å². The predicted octanol–water partition coefficient (Wildman–Crippen LogP) is 4.01. The monoisotopic (exact) mass is 389 g/mol. The number of alkyl carbamates (subject to hydrolysis) is 1. The number of esters is 1. The second-order valence-corrected chi connectivity index (χ2v) is 7.71. The third-order valence-electron chi connectivity index (χ3n) is 4.20. The van der Waals surface area contributed by atoms with Crippen molar-refractivity contribution in [3.63, 3.8) is 0 Å². The van der Waals surface area contributed by atoms with Gasteiger partial charge in [0.25, 0.3) is 0 Å². The molecule has 0 aliphatic heterocycles. The lowest BCUT2D eigenvalue weighted by atomic mass is 10.1. The normalized spacial score (nSPS) is 12.5. The fraction of sp³-hybridized carbons (Fsp3) is 0.476. The number of hydrogen-bond donors (Lipinski definition) is 1. The molecule has 1 heterocycles. The number of nitrogens with one attached hydrogen (secondary N) is 1. The van der Waals surface area contributed by atoms with E-state index < -0.39 is 29.3 Å². The Bertz CT molecular complexity index is 938. The Morgan fingerprint density at radius 2 is 1.86 bits per heavy atom. The Kier molecular flexibility index (Phi) is 6.48. The van der Waals surface area contributed by atoms with Crippen molar-refractivity contribution in [2.75, 3.05) is 0 Å². The van der Waals surface area contributed by atoms with E-state index in [1.54, 1.807) is 39.8 Å². The molecule has 0 aliphatic rings. The Hall–Kier alpha value is -2.83. The molecule has 1 atom stereocenters. The molecule has 7 nitrogen and oxygen atoms in total. The summed E-state index contributed by atoms with van der Waals surface area (Å²) < 4.78 is 15.9. The van der Waals surface area contributed by atoms with Crippen LogP contribution in [0.15, 0.2) is 27.4 Å². The largest absolute Gasteiger partial charge is 0.444 e. The lowest BCUT2D eigenvalue weighted by Gasteiger charge is -2.22. The fourth-order valence-electron chi connectivity index (χ4n) is 2.67. The maximum atomic E-state index is 12.5. The number of rotatable bonds is 5. The highest BCUT2D eigenvalue weighted by molar-refractivity contribution is 5.85. The van der Waals surface area contributed by atoms with Crippen molar-refractivity contribution in [2.24, 2.45) is 0 Å². The van der Waals surface area contributed by atoms with E-state index in [-0.39, 0.29) is 5.75 Å². The molecule has 0 fully saturated rings. The number of ether oxygens (including phenoxy) is 2. The van der Waals surface area contributed by atoms with Gasteiger partial charge in [-0.25, -0.2) is 14.4 Å². The molecule has 0 saturated heterocycles. The molecule has 0 aliphatic carbocycles. The molecule has 28 heavy (non-hydrogen) atoms. The molecule has 7 heteroatoms. The zero-order valence-electron chi connectivity index (χ0n) is 17.2. The van der Waals surface area contributed by atoms with Crippen LogP contribution in [0.4, 0.5) is 4.79 Å². The van der Waals surface area contributed by atoms with Crippen LogP contribution in [0.2, 0.25) is 0 Å². The van der Waals surface area contributed by atoms with Crippen molar-refractivity contribution in [1.82, 2.24) is 5.32 Å². The van der Waals surface area contributed by atoms with E-state index >= 15 is 0 Å². The quantitative estimate of drug-likeness (QED) is 0.472. The van der Waals surface area contributed by atoms with Crippen molar-refractivity contribution in [3.8, 4) is 5.75 Å². The molecular formula is C21H27NO6. The molecule has 2 rings (SSSR count). The van der Waals surface area contributed by atoms with Gasteiger partial charge in [-0.3, -0.25) is 0 Å². The zero-order chi connectivity index (χ0) is 21.1. The number of carbonyl (C=O) groups excluding carboxylic acids is 2. The van der Waals surface area contributed by atoms with Gasteiger partial charge in [0.1, 0.15) is 23.0 Å². The standard InChI is InChI=1S/C21H27NO6/c1-7-8-16(22-20(25)28-21(4,5)6)19(24)26-14-9-10-15-12(2)13(3)18(23)27-17(15)11-14/h9-11,16H,7-8H2,1-6H3,(H,22,25)/t16-/m1/s1. The molecule has 0 saturated carbocycles. The van der Waals surface area contributed by atoms with Gasteiger partial charge in [-0.05, 0) is 58.7 Å². The third kappa shape index (κ3) is 5.34. The first-order valence-corrected chi connectivity index (χ1v) is 9.27. The average molecular weight is 389 g/mol. The number of amides is 1. The van der Waals surface area contributed by atoms with Crippen LogP contribution in [-0.2, 0) is 9.53 Å². The summed E-state index contributed by atoms with van der Waals surface area (Å²) >= 11 is 0. The lowest BCUT2D eigenvalue weighted by molar-refractivity contribution is -0.137. The van der Waals surface area contributed by atoms with E-state index in [9.17, 15) is 14.4 Å². The second-order valence-electron chi connectivity index (χ2n) is 7.71. The summed E-state index contributed by atoms with van der Waals surface area (Å²) in [5, 5.41) is 3.32. The maximum Gasteiger partial charge on any atom is 0.408 e. The van der Waals surface area contributed by atoms with Crippen LogP contribution in [0, 0.1) is 13.8 Å². The topological polar surface area (TPSA) is 94.8 Å². The van der Waals surface area contributed by atoms with Crippen molar-refractivity contribution in [2.45, 2.75) is 66.0 Å². The summed E-state index contributed by atoms with van der Waals surface area (Å²) in [6, 6.07) is 4.02. The molecular weight excluding hydrogens is 362 g/mol. The van der Waals surface area contributed by atoms with Gasteiger partial charge in [-0.1, -0.05) is 13.3 Å². The molecule has 0 unspecified atom stereocenters. The predicted molar refractivity (Wildman–Crippen MR) is 106 cm³/mol. The molecule has 1 aromatic heterocycles. The van der Waals surface area contributed by atoms with E-state index in [4.69, 9.17) is 13.9 Å². The highest BCUT2D eigenvalue weighted by Gasteiger charge is 2.25. The number of fused-ring (bicyclic) bond motifs is 1. The minimum absolute atomic E-state index is 0.232. The molecule has 152 valence electrons. The Morgan fingerprint density at radius 3 is 2.46 bits per heavy atom. The van der Waals surface area contributed by atoms with Crippen molar-refractivity contribution < 1.29 is 23.5 Å². The van der Waals surface area contributed by atoms with E-state index in [1.165, 1.54) is 6.07 Å². The SMILES string of the molecule is CCC[C@@H](NC(=O)OC(C)(C)C)C(=O)Oc1ccc2c(C)c(C)c(=O)oc2c1. The van der Waals surface area contributed by atoms with E-state index in [1.807, 2.05) is 13.8 Å². The van der Waals surface area contributed by atoms with E-state index in [2.05, 4.69) is 5.32 Å². The smallest absolute Gasteiger partial charge is 0.408 e. The molecule has 0 radical (unpaired) electrons. The van der Waals surface area contributed by atoms with Gasteiger partial charge >= 0.3 is 17.7 Å². The summed E-state index contributed by atoms with van der Waals surface area (Å²) in [5.41, 5.74) is 0.604. The van der Waals surface area contributed by atoms with Gasteiger partial charge in [0.2, 0.25) is 0 Å². The first kappa shape index (κ1) is 21.5. The summed E-state index contributed by atoms with van der Waals surface area (Å²) in [5.74, 6) is -0.380. The second kappa shape index (κ2) is 8.46. The van der Waals surface area contributed by atoms with Crippen LogP contribution >= 0.6 is 0 Å². The van der Waals surface area contributed by atoms with Crippen molar-refractivity contribution >= 4 is 23.0 Å². The first-order valence-electron chi connectivity index (χ1n) is 9.27. The third-order valence-corrected chi connectivity index (χ3v) is 4.20. The average Bonchev–Trinajstić information content (AvgIpc) is 2.57. The van der Waals surface area contributed by atoms with Gasteiger partial charge < -0.3 is 19.2 Å². The number of carbonyl (C=O) groups is 2. The van der Waals surface area contributed by atoms with Gasteiger partial charge in [-0.2, -0.15) is 0 Å². The molecule has 0 bridgehead atoms. The Labute approximate surface area is 164 Å². The highest BCUT2D eigenvalue weighted by Crippen LogP contribution is 2.24. The van der Waals surface area contributed by atoms with Crippen molar-refractivity contribution in [3.05, 3.63) is 39.7 Å². The van der Waals surface area contributed by atoms with Crippen molar-refractivity contribution in [1.29, 1.82) is 0 Å². The van der Waals surface area contributed by atoms with Gasteiger partial charge in [-0.15, -0.1) is 0 Å². The summed E-state index contributed by atoms with van der Waals surface area (Å²) in [4.78, 5) is 36.4. The minimum Gasteiger partial charge on any atom is -0.444 e. The summed E-state index contributed by atoms with van der Waals surface area (Å²) in [6.45, 7) is 10.7. The van der Waals surface area contributed by atoms with Crippen LogP contribution < -0.4 is 15.7 Å². The number of benzene rings is 1. The Balaban J connectivity index is 2.19. The molecule has 1 aromatic carbocycles. The summed E-state index contributed by atoms with van der Waals surface area (Å²) in [7, 11) is 0. The minimum atomic E-state index is -0.845. The number of aryl methyl sites for hydroxylation is 1. The first-order chi connectivity index (χ1) is 13.0. The maximum absolute atomic E-state index is 12.5.